The summed E-state index contributed by atoms with van der Waals surface area (Å²) >= 11 is 0. The Hall–Kier alpha value is -1.06. The summed E-state index contributed by atoms with van der Waals surface area (Å²) in [6, 6.07) is 8.40. The first-order valence-electron chi connectivity index (χ1n) is 8.74. The lowest BCUT2D eigenvalue weighted by atomic mass is 10.0. The Labute approximate surface area is 168 Å². The monoisotopic (exact) mass is 462 g/mol. The van der Waals surface area contributed by atoms with Crippen LogP contribution in [0, 0.1) is 0 Å². The molecule has 1 aromatic rings. The van der Waals surface area contributed by atoms with Crippen LogP contribution in [0.2, 0.25) is 0 Å². The lowest BCUT2D eigenvalue weighted by Crippen LogP contribution is -2.41. The summed E-state index contributed by atoms with van der Waals surface area (Å²) in [5, 5.41) is 3.18. The Morgan fingerprint density at radius 2 is 2.00 bits per heavy atom. The Morgan fingerprint density at radius 1 is 1.32 bits per heavy atom. The first kappa shape index (κ1) is 22.0. The molecule has 6 nitrogen and oxygen atoms in total. The average molecular weight is 462 g/mol. The van der Waals surface area contributed by atoms with Crippen molar-refractivity contribution in [2.75, 3.05) is 46.5 Å². The van der Waals surface area contributed by atoms with Crippen molar-refractivity contribution in [1.82, 2.24) is 10.2 Å². The fourth-order valence-electron chi connectivity index (χ4n) is 2.78. The highest BCUT2D eigenvalue weighted by molar-refractivity contribution is 14.0. The van der Waals surface area contributed by atoms with Gasteiger partial charge in [-0.2, -0.15) is 0 Å². The second kappa shape index (κ2) is 12.3. The summed E-state index contributed by atoms with van der Waals surface area (Å²) in [7, 11) is 1.68. The highest BCUT2D eigenvalue weighted by Crippen LogP contribution is 2.24. The molecule has 0 radical (unpaired) electrons. The predicted molar refractivity (Wildman–Crippen MR) is 113 cm³/mol. The molecule has 1 atom stereocenters. The maximum atomic E-state index is 5.99. The standard InChI is InChI=1S/C18H30N4O2.HI/c1-3-4-9-20-18(19)21-14-17(22-10-12-24-13-11-22)15-5-7-16(23-2)8-6-15;/h5-8,17H,3-4,9-14H2,1-2H3,(H3,19,20,21);1H. The number of methoxy groups -OCH3 is 1. The van der Waals surface area contributed by atoms with Gasteiger partial charge in [0.1, 0.15) is 5.75 Å². The van der Waals surface area contributed by atoms with Crippen LogP contribution in [0.15, 0.2) is 29.3 Å². The van der Waals surface area contributed by atoms with Gasteiger partial charge in [-0.25, -0.2) is 0 Å². The average Bonchev–Trinajstić information content (AvgIpc) is 2.63. The fraction of sp³-hybridized carbons (Fsp3) is 0.611. The molecule has 0 amide bonds. The minimum absolute atomic E-state index is 0. The van der Waals surface area contributed by atoms with E-state index in [1.165, 1.54) is 5.56 Å². The Morgan fingerprint density at radius 3 is 2.60 bits per heavy atom. The van der Waals surface area contributed by atoms with Crippen LogP contribution in [0.3, 0.4) is 0 Å². The van der Waals surface area contributed by atoms with Crippen molar-refractivity contribution in [3.8, 4) is 5.75 Å². The van der Waals surface area contributed by atoms with Gasteiger partial charge in [-0.3, -0.25) is 9.89 Å². The highest BCUT2D eigenvalue weighted by Gasteiger charge is 2.22. The van der Waals surface area contributed by atoms with Crippen molar-refractivity contribution in [3.63, 3.8) is 0 Å². The number of nitrogens with one attached hydrogen (secondary N) is 1. The number of benzene rings is 1. The summed E-state index contributed by atoms with van der Waals surface area (Å²) in [4.78, 5) is 6.97. The lowest BCUT2D eigenvalue weighted by Gasteiger charge is -2.34. The van der Waals surface area contributed by atoms with E-state index in [2.05, 4.69) is 34.3 Å². The normalized spacial score (nSPS) is 16.8. The Balaban J connectivity index is 0.00000312. The van der Waals surface area contributed by atoms with Crippen LogP contribution in [0.5, 0.6) is 5.75 Å². The molecule has 2 rings (SSSR count). The third-order valence-electron chi connectivity index (χ3n) is 4.26. The zero-order chi connectivity index (χ0) is 17.2. The van der Waals surface area contributed by atoms with Gasteiger partial charge in [-0.05, 0) is 24.1 Å². The minimum atomic E-state index is 0. The number of hydrogen-bond acceptors (Lipinski definition) is 4. The summed E-state index contributed by atoms with van der Waals surface area (Å²) < 4.78 is 10.7. The molecular weight excluding hydrogens is 431 g/mol. The molecule has 142 valence electrons. The summed E-state index contributed by atoms with van der Waals surface area (Å²) in [6.45, 7) is 7.02. The second-order valence-electron chi connectivity index (χ2n) is 5.94. The number of ether oxygens (including phenoxy) is 2. The number of nitrogens with two attached hydrogens (primary N) is 1. The quantitative estimate of drug-likeness (QED) is 0.269. The van der Waals surface area contributed by atoms with Crippen molar-refractivity contribution < 1.29 is 9.47 Å². The van der Waals surface area contributed by atoms with E-state index in [-0.39, 0.29) is 30.0 Å². The van der Waals surface area contributed by atoms with Crippen molar-refractivity contribution in [2.24, 2.45) is 10.7 Å². The van der Waals surface area contributed by atoms with Gasteiger partial charge in [-0.15, -0.1) is 24.0 Å². The fourth-order valence-corrected chi connectivity index (χ4v) is 2.78. The number of guanidine groups is 1. The minimum Gasteiger partial charge on any atom is -0.497 e. The van der Waals surface area contributed by atoms with Crippen LogP contribution in [0.4, 0.5) is 0 Å². The predicted octanol–water partition coefficient (Wildman–Crippen LogP) is 2.39. The van der Waals surface area contributed by atoms with E-state index in [4.69, 9.17) is 15.2 Å². The van der Waals surface area contributed by atoms with Gasteiger partial charge >= 0.3 is 0 Å². The van der Waals surface area contributed by atoms with Gasteiger partial charge in [0, 0.05) is 19.6 Å². The molecule has 1 fully saturated rings. The molecule has 3 N–H and O–H groups in total. The van der Waals surface area contributed by atoms with Gasteiger partial charge in [0.05, 0.1) is 32.9 Å². The molecule has 1 heterocycles. The second-order valence-corrected chi connectivity index (χ2v) is 5.94. The topological polar surface area (TPSA) is 72.1 Å². The van der Waals surface area contributed by atoms with E-state index in [1.54, 1.807) is 7.11 Å². The number of nitrogens with zero attached hydrogens (tertiary/aromatic N) is 2. The molecule has 25 heavy (non-hydrogen) atoms. The molecule has 0 spiro atoms. The van der Waals surface area contributed by atoms with Crippen LogP contribution in [0.1, 0.15) is 31.4 Å². The Kier molecular flexibility index (Phi) is 10.8. The van der Waals surface area contributed by atoms with E-state index in [1.807, 2.05) is 12.1 Å². The SMILES string of the molecule is CCCCNC(N)=NCC(c1ccc(OC)cc1)N1CCOCC1.I. The van der Waals surface area contributed by atoms with E-state index in [0.29, 0.717) is 12.5 Å². The first-order chi connectivity index (χ1) is 11.7. The molecule has 1 aliphatic heterocycles. The van der Waals surface area contributed by atoms with Gasteiger partial charge < -0.3 is 20.5 Å². The lowest BCUT2D eigenvalue weighted by molar-refractivity contribution is 0.0180. The third kappa shape index (κ3) is 7.37. The molecule has 0 aliphatic carbocycles. The van der Waals surface area contributed by atoms with Crippen molar-refractivity contribution in [2.45, 2.75) is 25.8 Å². The smallest absolute Gasteiger partial charge is 0.188 e. The van der Waals surface area contributed by atoms with Gasteiger partial charge in [0.25, 0.3) is 0 Å². The summed E-state index contributed by atoms with van der Waals surface area (Å²) in [5.74, 6) is 1.39. The van der Waals surface area contributed by atoms with E-state index >= 15 is 0 Å². The van der Waals surface area contributed by atoms with Crippen molar-refractivity contribution in [1.29, 1.82) is 0 Å². The molecular formula is C18H31IN4O2. The van der Waals surface area contributed by atoms with Crippen molar-refractivity contribution >= 4 is 29.9 Å². The van der Waals surface area contributed by atoms with E-state index < -0.39 is 0 Å². The van der Waals surface area contributed by atoms with E-state index in [9.17, 15) is 0 Å². The van der Waals surface area contributed by atoms with Crippen LogP contribution in [-0.2, 0) is 4.74 Å². The van der Waals surface area contributed by atoms with Crippen molar-refractivity contribution in [3.05, 3.63) is 29.8 Å². The van der Waals surface area contributed by atoms with Crippen LogP contribution in [-0.4, -0.2) is 57.4 Å². The van der Waals surface area contributed by atoms with Crippen LogP contribution < -0.4 is 15.8 Å². The molecule has 0 saturated carbocycles. The van der Waals surface area contributed by atoms with Gasteiger partial charge in [0.2, 0.25) is 0 Å². The number of rotatable bonds is 8. The molecule has 0 bridgehead atoms. The molecule has 1 unspecified atom stereocenters. The summed E-state index contributed by atoms with van der Waals surface area (Å²) in [5.41, 5.74) is 7.22. The molecule has 7 heteroatoms. The molecule has 1 saturated heterocycles. The molecule has 1 aromatic carbocycles. The Bertz CT molecular complexity index is 504. The highest BCUT2D eigenvalue weighted by atomic mass is 127. The number of aliphatic imine (C=N–C) groups is 1. The van der Waals surface area contributed by atoms with Crippen LogP contribution >= 0.6 is 24.0 Å². The number of hydrogen-bond donors (Lipinski definition) is 2. The number of morpholine rings is 1. The maximum absolute atomic E-state index is 5.99. The molecule has 1 aliphatic rings. The first-order valence-corrected chi connectivity index (χ1v) is 8.74. The van der Waals surface area contributed by atoms with Gasteiger partial charge in [-0.1, -0.05) is 25.5 Å². The largest absolute Gasteiger partial charge is 0.497 e. The van der Waals surface area contributed by atoms with E-state index in [0.717, 1.165) is 51.4 Å². The number of halogens is 1. The zero-order valence-electron chi connectivity index (χ0n) is 15.2. The van der Waals surface area contributed by atoms with Gasteiger partial charge in [0.15, 0.2) is 5.96 Å². The molecule has 0 aromatic heterocycles. The zero-order valence-corrected chi connectivity index (χ0v) is 17.6. The summed E-state index contributed by atoms with van der Waals surface area (Å²) in [6.07, 6.45) is 2.24. The maximum Gasteiger partial charge on any atom is 0.188 e. The van der Waals surface area contributed by atoms with Crippen LogP contribution in [0.25, 0.3) is 0 Å². The number of unbranched alkanes of at least 4 members (excludes halogenated alkanes) is 1. The third-order valence-corrected chi connectivity index (χ3v) is 4.26.